The lowest BCUT2D eigenvalue weighted by molar-refractivity contribution is -0.121. The van der Waals surface area contributed by atoms with Crippen molar-refractivity contribution >= 4 is 5.91 Å². The Kier molecular flexibility index (Phi) is 4.59. The van der Waals surface area contributed by atoms with Crippen LogP contribution in [0.2, 0.25) is 0 Å². The molecule has 1 fully saturated rings. The molecule has 2 N–H and O–H groups in total. The van der Waals surface area contributed by atoms with Gasteiger partial charge in [-0.2, -0.15) is 0 Å². The summed E-state index contributed by atoms with van der Waals surface area (Å²) in [6.45, 7) is 1.94. The molecule has 1 aliphatic rings. The van der Waals surface area contributed by atoms with Crippen LogP contribution in [-0.4, -0.2) is 32.1 Å². The zero-order valence-electron chi connectivity index (χ0n) is 10.7. The van der Waals surface area contributed by atoms with Crippen molar-refractivity contribution in [3.8, 4) is 5.75 Å². The molecule has 0 aliphatic carbocycles. The maximum Gasteiger partial charge on any atom is 0.224 e. The summed E-state index contributed by atoms with van der Waals surface area (Å²) in [6.07, 6.45) is 2.63. The highest BCUT2D eigenvalue weighted by Gasteiger charge is 2.15. The van der Waals surface area contributed by atoms with Crippen LogP contribution in [0, 0.1) is 0 Å². The van der Waals surface area contributed by atoms with Crippen LogP contribution in [0.5, 0.6) is 5.75 Å². The third-order valence-electron chi connectivity index (χ3n) is 3.19. The smallest absolute Gasteiger partial charge is 0.224 e. The number of benzene rings is 1. The number of amides is 1. The van der Waals surface area contributed by atoms with Crippen molar-refractivity contribution in [2.75, 3.05) is 20.2 Å². The van der Waals surface area contributed by atoms with Gasteiger partial charge in [-0.05, 0) is 37.1 Å². The minimum Gasteiger partial charge on any atom is -0.497 e. The normalized spacial score (nSPS) is 19.3. The van der Waals surface area contributed by atoms with Gasteiger partial charge in [-0.1, -0.05) is 12.1 Å². The molecule has 1 aromatic carbocycles. The second kappa shape index (κ2) is 6.40. The van der Waals surface area contributed by atoms with Crippen LogP contribution in [0.3, 0.4) is 0 Å². The van der Waals surface area contributed by atoms with E-state index in [1.807, 2.05) is 24.3 Å². The molecule has 98 valence electrons. The average Bonchev–Trinajstić information content (AvgIpc) is 2.40. The molecule has 0 aromatic heterocycles. The van der Waals surface area contributed by atoms with Crippen LogP contribution < -0.4 is 15.4 Å². The first-order chi connectivity index (χ1) is 8.78. The summed E-state index contributed by atoms with van der Waals surface area (Å²) in [5.74, 6) is 0.907. The number of nitrogens with one attached hydrogen (secondary N) is 2. The van der Waals surface area contributed by atoms with Crippen molar-refractivity contribution in [1.82, 2.24) is 10.6 Å². The first-order valence-corrected chi connectivity index (χ1v) is 6.41. The molecule has 0 saturated carbocycles. The van der Waals surface area contributed by atoms with E-state index in [0.717, 1.165) is 37.2 Å². The number of piperidine rings is 1. The fourth-order valence-electron chi connectivity index (χ4n) is 2.18. The predicted molar refractivity (Wildman–Crippen MR) is 70.7 cm³/mol. The first kappa shape index (κ1) is 12.9. The van der Waals surface area contributed by atoms with E-state index in [0.29, 0.717) is 6.42 Å². The van der Waals surface area contributed by atoms with Crippen molar-refractivity contribution in [3.05, 3.63) is 29.8 Å². The van der Waals surface area contributed by atoms with Gasteiger partial charge in [0.1, 0.15) is 5.75 Å². The Morgan fingerprint density at radius 1 is 1.44 bits per heavy atom. The maximum absolute atomic E-state index is 11.9. The minimum atomic E-state index is 0.0915. The highest BCUT2D eigenvalue weighted by molar-refractivity contribution is 5.78. The fraction of sp³-hybridized carbons (Fsp3) is 0.500. The van der Waals surface area contributed by atoms with Gasteiger partial charge in [-0.3, -0.25) is 4.79 Å². The summed E-state index contributed by atoms with van der Waals surface area (Å²) in [7, 11) is 1.64. The summed E-state index contributed by atoms with van der Waals surface area (Å²) in [4.78, 5) is 11.9. The van der Waals surface area contributed by atoms with E-state index in [-0.39, 0.29) is 11.9 Å². The SMILES string of the molecule is COc1ccc(CC(=O)NC2CCCNC2)cc1. The molecule has 1 amide bonds. The predicted octanol–water partition coefficient (Wildman–Crippen LogP) is 1.11. The number of hydrogen-bond acceptors (Lipinski definition) is 3. The zero-order chi connectivity index (χ0) is 12.8. The highest BCUT2D eigenvalue weighted by atomic mass is 16.5. The summed E-state index contributed by atoms with van der Waals surface area (Å²) in [5, 5.41) is 6.35. The Morgan fingerprint density at radius 3 is 2.83 bits per heavy atom. The van der Waals surface area contributed by atoms with Crippen LogP contribution in [0.1, 0.15) is 18.4 Å². The summed E-state index contributed by atoms with van der Waals surface area (Å²) in [5.41, 5.74) is 1.01. The summed E-state index contributed by atoms with van der Waals surface area (Å²) in [6, 6.07) is 7.90. The minimum absolute atomic E-state index is 0.0915. The number of ether oxygens (including phenoxy) is 1. The average molecular weight is 248 g/mol. The van der Waals surface area contributed by atoms with E-state index < -0.39 is 0 Å². The number of carbonyl (C=O) groups excluding carboxylic acids is 1. The van der Waals surface area contributed by atoms with Gasteiger partial charge < -0.3 is 15.4 Å². The molecule has 1 heterocycles. The van der Waals surface area contributed by atoms with Gasteiger partial charge in [-0.25, -0.2) is 0 Å². The molecular weight excluding hydrogens is 228 g/mol. The molecule has 0 spiro atoms. The highest BCUT2D eigenvalue weighted by Crippen LogP contribution is 2.11. The number of hydrogen-bond donors (Lipinski definition) is 2. The fourth-order valence-corrected chi connectivity index (χ4v) is 2.18. The van der Waals surface area contributed by atoms with Crippen LogP contribution >= 0.6 is 0 Å². The molecule has 1 atom stereocenters. The van der Waals surface area contributed by atoms with E-state index in [1.54, 1.807) is 7.11 Å². The molecule has 2 rings (SSSR count). The number of methoxy groups -OCH3 is 1. The Morgan fingerprint density at radius 2 is 2.22 bits per heavy atom. The molecule has 1 unspecified atom stereocenters. The lowest BCUT2D eigenvalue weighted by Gasteiger charge is -2.23. The van der Waals surface area contributed by atoms with Crippen LogP contribution in [0.15, 0.2) is 24.3 Å². The van der Waals surface area contributed by atoms with Gasteiger partial charge >= 0.3 is 0 Å². The summed E-state index contributed by atoms with van der Waals surface area (Å²) < 4.78 is 5.09. The number of rotatable bonds is 4. The van der Waals surface area contributed by atoms with Crippen molar-refractivity contribution in [1.29, 1.82) is 0 Å². The molecular formula is C14H20N2O2. The largest absolute Gasteiger partial charge is 0.497 e. The molecule has 1 aromatic rings. The van der Waals surface area contributed by atoms with Gasteiger partial charge in [0.15, 0.2) is 0 Å². The maximum atomic E-state index is 11.9. The van der Waals surface area contributed by atoms with Crippen LogP contribution in [0.25, 0.3) is 0 Å². The second-order valence-corrected chi connectivity index (χ2v) is 4.64. The Hall–Kier alpha value is -1.55. The Labute approximate surface area is 108 Å². The van der Waals surface area contributed by atoms with Crippen LogP contribution in [0.4, 0.5) is 0 Å². The molecule has 1 saturated heterocycles. The second-order valence-electron chi connectivity index (χ2n) is 4.64. The van der Waals surface area contributed by atoms with E-state index >= 15 is 0 Å². The van der Waals surface area contributed by atoms with Crippen molar-refractivity contribution < 1.29 is 9.53 Å². The third-order valence-corrected chi connectivity index (χ3v) is 3.19. The van der Waals surface area contributed by atoms with Gasteiger partial charge in [0.25, 0.3) is 0 Å². The zero-order valence-corrected chi connectivity index (χ0v) is 10.7. The number of carbonyl (C=O) groups is 1. The van der Waals surface area contributed by atoms with Crippen molar-refractivity contribution in [2.45, 2.75) is 25.3 Å². The standard InChI is InChI=1S/C14H20N2O2/c1-18-13-6-4-11(5-7-13)9-14(17)16-12-3-2-8-15-10-12/h4-7,12,15H,2-3,8-10H2,1H3,(H,16,17). The molecule has 18 heavy (non-hydrogen) atoms. The van der Waals surface area contributed by atoms with Crippen molar-refractivity contribution in [2.24, 2.45) is 0 Å². The van der Waals surface area contributed by atoms with Crippen molar-refractivity contribution in [3.63, 3.8) is 0 Å². The van der Waals surface area contributed by atoms with Gasteiger partial charge in [-0.15, -0.1) is 0 Å². The molecule has 0 bridgehead atoms. The van der Waals surface area contributed by atoms with E-state index in [2.05, 4.69) is 10.6 Å². The Bertz CT molecular complexity index is 383. The molecule has 0 radical (unpaired) electrons. The van der Waals surface area contributed by atoms with E-state index in [1.165, 1.54) is 0 Å². The van der Waals surface area contributed by atoms with Gasteiger partial charge in [0.05, 0.1) is 13.5 Å². The van der Waals surface area contributed by atoms with Gasteiger partial charge in [0, 0.05) is 12.6 Å². The van der Waals surface area contributed by atoms with E-state index in [9.17, 15) is 4.79 Å². The first-order valence-electron chi connectivity index (χ1n) is 6.41. The Balaban J connectivity index is 1.82. The quantitative estimate of drug-likeness (QED) is 0.839. The monoisotopic (exact) mass is 248 g/mol. The summed E-state index contributed by atoms with van der Waals surface area (Å²) >= 11 is 0. The van der Waals surface area contributed by atoms with Gasteiger partial charge in [0.2, 0.25) is 5.91 Å². The lowest BCUT2D eigenvalue weighted by Crippen LogP contribution is -2.46. The third kappa shape index (κ3) is 3.74. The molecule has 4 nitrogen and oxygen atoms in total. The molecule has 4 heteroatoms. The van der Waals surface area contributed by atoms with E-state index in [4.69, 9.17) is 4.74 Å². The van der Waals surface area contributed by atoms with Crippen LogP contribution in [-0.2, 0) is 11.2 Å². The topological polar surface area (TPSA) is 50.4 Å². The lowest BCUT2D eigenvalue weighted by atomic mass is 10.1. The molecule has 1 aliphatic heterocycles.